The predicted octanol–water partition coefficient (Wildman–Crippen LogP) is 2.89. The number of imidazole rings is 1. The van der Waals surface area contributed by atoms with Crippen LogP contribution in [0, 0.1) is 0 Å². The molecule has 0 amide bonds. The lowest BCUT2D eigenvalue weighted by atomic mass is 10.2. The standard InChI is InChI=1S/C15H18F3N3O2/c1-9(2)21(8-14(22)23)7-13-19-11-6-10(15(16,17)18)4-5-12(11)20(13)3/h4-6,9H,7-8H2,1-3H3,(H,22,23). The molecule has 0 aliphatic rings. The van der Waals surface area contributed by atoms with Gasteiger partial charge in [-0.1, -0.05) is 0 Å². The Morgan fingerprint density at radius 3 is 2.57 bits per heavy atom. The molecule has 0 atom stereocenters. The highest BCUT2D eigenvalue weighted by atomic mass is 19.4. The highest BCUT2D eigenvalue weighted by molar-refractivity contribution is 5.77. The smallest absolute Gasteiger partial charge is 0.416 e. The van der Waals surface area contributed by atoms with Crippen LogP contribution >= 0.6 is 0 Å². The highest BCUT2D eigenvalue weighted by Gasteiger charge is 2.31. The van der Waals surface area contributed by atoms with Gasteiger partial charge in [0.05, 0.1) is 29.7 Å². The van der Waals surface area contributed by atoms with Gasteiger partial charge in [-0.2, -0.15) is 13.2 Å². The van der Waals surface area contributed by atoms with Gasteiger partial charge in [-0.25, -0.2) is 4.98 Å². The molecule has 1 heterocycles. The van der Waals surface area contributed by atoms with Crippen LogP contribution in [0.25, 0.3) is 11.0 Å². The first-order valence-electron chi connectivity index (χ1n) is 7.08. The molecule has 23 heavy (non-hydrogen) atoms. The molecule has 1 aromatic carbocycles. The van der Waals surface area contributed by atoms with Gasteiger partial charge in [0, 0.05) is 13.1 Å². The van der Waals surface area contributed by atoms with Crippen LogP contribution in [0.2, 0.25) is 0 Å². The Kier molecular flexibility index (Phi) is 4.65. The fourth-order valence-corrected chi connectivity index (χ4v) is 2.34. The van der Waals surface area contributed by atoms with Crippen LogP contribution in [0.4, 0.5) is 13.2 Å². The molecule has 0 unspecified atom stereocenters. The molecule has 5 nitrogen and oxygen atoms in total. The lowest BCUT2D eigenvalue weighted by Gasteiger charge is -2.23. The number of fused-ring (bicyclic) bond motifs is 1. The Morgan fingerprint density at radius 2 is 2.04 bits per heavy atom. The number of rotatable bonds is 5. The summed E-state index contributed by atoms with van der Waals surface area (Å²) in [6, 6.07) is 3.38. The van der Waals surface area contributed by atoms with Gasteiger partial charge in [0.15, 0.2) is 0 Å². The summed E-state index contributed by atoms with van der Waals surface area (Å²) in [7, 11) is 1.71. The van der Waals surface area contributed by atoms with Crippen molar-refractivity contribution in [1.82, 2.24) is 14.5 Å². The van der Waals surface area contributed by atoms with Crippen molar-refractivity contribution in [3.63, 3.8) is 0 Å². The second-order valence-corrected chi connectivity index (χ2v) is 5.68. The number of carboxylic acid groups (broad SMARTS) is 1. The SMILES string of the molecule is CC(C)N(CC(=O)O)Cc1nc2cc(C(F)(F)F)ccc2n1C. The van der Waals surface area contributed by atoms with Crippen molar-refractivity contribution < 1.29 is 23.1 Å². The van der Waals surface area contributed by atoms with Crippen molar-refractivity contribution >= 4 is 17.0 Å². The number of hydrogen-bond acceptors (Lipinski definition) is 3. The van der Waals surface area contributed by atoms with Crippen molar-refractivity contribution in [2.45, 2.75) is 32.6 Å². The zero-order valence-corrected chi connectivity index (χ0v) is 13.1. The minimum absolute atomic E-state index is 0.0309. The lowest BCUT2D eigenvalue weighted by molar-refractivity contribution is -0.139. The average molecular weight is 329 g/mol. The molecule has 1 N–H and O–H groups in total. The third-order valence-electron chi connectivity index (χ3n) is 3.71. The predicted molar refractivity (Wildman–Crippen MR) is 78.9 cm³/mol. The number of aromatic nitrogens is 2. The number of hydrogen-bond donors (Lipinski definition) is 1. The largest absolute Gasteiger partial charge is 0.480 e. The summed E-state index contributed by atoms with van der Waals surface area (Å²) in [4.78, 5) is 16.9. The van der Waals surface area contributed by atoms with Gasteiger partial charge < -0.3 is 9.67 Å². The van der Waals surface area contributed by atoms with E-state index in [2.05, 4.69) is 4.98 Å². The van der Waals surface area contributed by atoms with Crippen molar-refractivity contribution in [1.29, 1.82) is 0 Å². The Morgan fingerprint density at radius 1 is 1.39 bits per heavy atom. The number of aliphatic carboxylic acids is 1. The molecule has 0 spiro atoms. The van der Waals surface area contributed by atoms with Gasteiger partial charge in [0.1, 0.15) is 5.82 Å². The molecule has 2 rings (SSSR count). The molecule has 1 aromatic heterocycles. The zero-order chi connectivity index (χ0) is 17.4. The van der Waals surface area contributed by atoms with E-state index in [-0.39, 0.29) is 24.6 Å². The van der Waals surface area contributed by atoms with Gasteiger partial charge >= 0.3 is 12.1 Å². The maximum atomic E-state index is 12.8. The molecule has 0 aliphatic heterocycles. The van der Waals surface area contributed by atoms with E-state index in [0.29, 0.717) is 11.3 Å². The van der Waals surface area contributed by atoms with Crippen LogP contribution in [-0.4, -0.2) is 38.1 Å². The molecule has 0 saturated heterocycles. The summed E-state index contributed by atoms with van der Waals surface area (Å²) in [5.41, 5.74) is 0.0734. The molecule has 8 heteroatoms. The van der Waals surface area contributed by atoms with Crippen molar-refractivity contribution in [2.75, 3.05) is 6.54 Å². The number of halogens is 3. The van der Waals surface area contributed by atoms with Gasteiger partial charge in [-0.15, -0.1) is 0 Å². The minimum Gasteiger partial charge on any atom is -0.480 e. The second kappa shape index (κ2) is 6.19. The molecule has 0 aliphatic carbocycles. The molecule has 0 bridgehead atoms. The van der Waals surface area contributed by atoms with Crippen molar-refractivity contribution in [3.8, 4) is 0 Å². The number of carbonyl (C=O) groups is 1. The Bertz CT molecular complexity index is 723. The van der Waals surface area contributed by atoms with E-state index in [4.69, 9.17) is 5.11 Å². The number of alkyl halides is 3. The van der Waals surface area contributed by atoms with E-state index < -0.39 is 17.7 Å². The summed E-state index contributed by atoms with van der Waals surface area (Å²) in [5.74, 6) is -0.439. The van der Waals surface area contributed by atoms with Gasteiger partial charge in [-0.05, 0) is 32.0 Å². The number of nitrogens with zero attached hydrogens (tertiary/aromatic N) is 3. The second-order valence-electron chi connectivity index (χ2n) is 5.68. The van der Waals surface area contributed by atoms with Crippen LogP contribution in [-0.2, 0) is 24.6 Å². The van der Waals surface area contributed by atoms with Crippen LogP contribution in [0.5, 0.6) is 0 Å². The van der Waals surface area contributed by atoms with E-state index >= 15 is 0 Å². The van der Waals surface area contributed by atoms with Crippen LogP contribution in [0.3, 0.4) is 0 Å². The Balaban J connectivity index is 2.38. The minimum atomic E-state index is -4.42. The summed E-state index contributed by atoms with van der Waals surface area (Å²) in [5, 5.41) is 8.95. The molecule has 126 valence electrons. The molecular weight excluding hydrogens is 311 g/mol. The average Bonchev–Trinajstić information content (AvgIpc) is 2.73. The maximum Gasteiger partial charge on any atom is 0.416 e. The fourth-order valence-electron chi connectivity index (χ4n) is 2.34. The maximum absolute atomic E-state index is 12.8. The zero-order valence-electron chi connectivity index (χ0n) is 13.1. The van der Waals surface area contributed by atoms with Gasteiger partial charge in [-0.3, -0.25) is 9.69 Å². The molecule has 0 saturated carbocycles. The summed E-state index contributed by atoms with van der Waals surface area (Å²) in [6.07, 6.45) is -4.42. The van der Waals surface area contributed by atoms with E-state index in [0.717, 1.165) is 12.1 Å². The monoisotopic (exact) mass is 329 g/mol. The number of carboxylic acids is 1. The highest BCUT2D eigenvalue weighted by Crippen LogP contribution is 2.31. The van der Waals surface area contributed by atoms with Gasteiger partial charge in [0.25, 0.3) is 0 Å². The van der Waals surface area contributed by atoms with Crippen LogP contribution in [0.1, 0.15) is 25.2 Å². The quantitative estimate of drug-likeness (QED) is 0.916. The third-order valence-corrected chi connectivity index (χ3v) is 3.71. The fraction of sp³-hybridized carbons (Fsp3) is 0.467. The topological polar surface area (TPSA) is 58.4 Å². The van der Waals surface area contributed by atoms with Crippen molar-refractivity contribution in [2.24, 2.45) is 7.05 Å². The van der Waals surface area contributed by atoms with Crippen LogP contribution < -0.4 is 0 Å². The van der Waals surface area contributed by atoms with Crippen molar-refractivity contribution in [3.05, 3.63) is 29.6 Å². The first-order valence-corrected chi connectivity index (χ1v) is 7.08. The van der Waals surface area contributed by atoms with Gasteiger partial charge in [0.2, 0.25) is 0 Å². The molecular formula is C15H18F3N3O2. The normalized spacial score (nSPS) is 12.5. The van der Waals surface area contributed by atoms with E-state index in [1.165, 1.54) is 6.07 Å². The first kappa shape index (κ1) is 17.3. The molecule has 2 aromatic rings. The summed E-state index contributed by atoms with van der Waals surface area (Å²) < 4.78 is 40.0. The lowest BCUT2D eigenvalue weighted by Crippen LogP contribution is -2.35. The third kappa shape index (κ3) is 3.82. The number of aryl methyl sites for hydroxylation is 1. The van der Waals surface area contributed by atoms with E-state index in [1.807, 2.05) is 13.8 Å². The van der Waals surface area contributed by atoms with E-state index in [1.54, 1.807) is 16.5 Å². The molecule has 0 radical (unpaired) electrons. The first-order chi connectivity index (χ1) is 10.6. The number of benzene rings is 1. The molecule has 0 fully saturated rings. The summed E-state index contributed by atoms with van der Waals surface area (Å²) in [6.45, 7) is 3.80. The summed E-state index contributed by atoms with van der Waals surface area (Å²) >= 11 is 0. The Hall–Kier alpha value is -2.09. The van der Waals surface area contributed by atoms with E-state index in [9.17, 15) is 18.0 Å². The van der Waals surface area contributed by atoms with Crippen LogP contribution in [0.15, 0.2) is 18.2 Å². The Labute approximate surface area is 131 Å².